The summed E-state index contributed by atoms with van der Waals surface area (Å²) in [6, 6.07) is 5.73. The predicted octanol–water partition coefficient (Wildman–Crippen LogP) is 1.07. The van der Waals surface area contributed by atoms with Gasteiger partial charge in [0.15, 0.2) is 0 Å². The van der Waals surface area contributed by atoms with Gasteiger partial charge in [-0.1, -0.05) is 12.1 Å². The van der Waals surface area contributed by atoms with Crippen LogP contribution in [0.3, 0.4) is 0 Å². The number of hydrogen-bond acceptors (Lipinski definition) is 5. The largest absolute Gasteiger partial charge is 0.492 e. The summed E-state index contributed by atoms with van der Waals surface area (Å²) in [5, 5.41) is 2.92. The summed E-state index contributed by atoms with van der Waals surface area (Å²) in [6.07, 6.45) is 4.40. The summed E-state index contributed by atoms with van der Waals surface area (Å²) >= 11 is 0. The van der Waals surface area contributed by atoms with Gasteiger partial charge in [0.25, 0.3) is 0 Å². The van der Waals surface area contributed by atoms with Crippen LogP contribution in [0.25, 0.3) is 0 Å². The maximum Gasteiger partial charge on any atom is 0.220 e. The molecule has 0 radical (unpaired) electrons. The molecule has 1 fully saturated rings. The fraction of sp³-hybridized carbons (Fsp3) is 0.611. The highest BCUT2D eigenvalue weighted by molar-refractivity contribution is 7.88. The van der Waals surface area contributed by atoms with E-state index in [9.17, 15) is 13.2 Å². The third kappa shape index (κ3) is 5.18. The highest BCUT2D eigenvalue weighted by Gasteiger charge is 2.22. The number of benzene rings is 1. The molecule has 0 saturated carbocycles. The maximum absolute atomic E-state index is 12.0. The van der Waals surface area contributed by atoms with Gasteiger partial charge in [-0.25, -0.2) is 8.42 Å². The first-order valence-corrected chi connectivity index (χ1v) is 10.8. The number of nitrogens with one attached hydrogen (secondary N) is 1. The van der Waals surface area contributed by atoms with E-state index in [1.54, 1.807) is 0 Å². The van der Waals surface area contributed by atoms with E-state index < -0.39 is 10.0 Å². The highest BCUT2D eigenvalue weighted by atomic mass is 32.2. The average molecular weight is 382 g/mol. The van der Waals surface area contributed by atoms with Crippen molar-refractivity contribution in [2.75, 3.05) is 32.6 Å². The second-order valence-corrected chi connectivity index (χ2v) is 8.81. The van der Waals surface area contributed by atoms with Gasteiger partial charge in [-0.2, -0.15) is 4.31 Å². The molecule has 2 heterocycles. The van der Waals surface area contributed by atoms with Gasteiger partial charge < -0.3 is 14.8 Å². The summed E-state index contributed by atoms with van der Waals surface area (Å²) in [6.45, 7) is 2.33. The van der Waals surface area contributed by atoms with E-state index in [1.807, 2.05) is 18.2 Å². The molecule has 3 rings (SSSR count). The molecule has 1 amide bonds. The molecule has 2 aliphatic rings. The van der Waals surface area contributed by atoms with E-state index in [4.69, 9.17) is 9.47 Å². The van der Waals surface area contributed by atoms with E-state index in [0.717, 1.165) is 30.6 Å². The third-order valence-electron chi connectivity index (χ3n) is 4.73. The molecule has 144 valence electrons. The number of hydrogen-bond donors (Lipinski definition) is 1. The Hall–Kier alpha value is -1.64. The normalized spacial score (nSPS) is 20.9. The first kappa shape index (κ1) is 19.1. The molecule has 1 atom stereocenters. The van der Waals surface area contributed by atoms with Gasteiger partial charge in [-0.05, 0) is 30.9 Å². The molecule has 1 saturated heterocycles. The lowest BCUT2D eigenvalue weighted by atomic mass is 10.0. The standard InChI is InChI=1S/C18H26N2O5S/c1-26(22,23)20-8-10-25-17-6-4-14(11-15(17)13-20)5-7-18(21)19-12-16-3-2-9-24-16/h4,6,11,16H,2-3,5,7-10,12-13H2,1H3,(H,19,21). The van der Waals surface area contributed by atoms with Gasteiger partial charge in [0.1, 0.15) is 12.4 Å². The van der Waals surface area contributed by atoms with Gasteiger partial charge >= 0.3 is 0 Å². The molecule has 8 heteroatoms. The van der Waals surface area contributed by atoms with Crippen molar-refractivity contribution in [3.05, 3.63) is 29.3 Å². The second kappa shape index (κ2) is 8.37. The molecule has 0 aromatic heterocycles. The zero-order valence-electron chi connectivity index (χ0n) is 15.1. The number of rotatable bonds is 6. The van der Waals surface area contributed by atoms with Crippen molar-refractivity contribution in [1.82, 2.24) is 9.62 Å². The summed E-state index contributed by atoms with van der Waals surface area (Å²) < 4.78 is 36.2. The molecule has 26 heavy (non-hydrogen) atoms. The highest BCUT2D eigenvalue weighted by Crippen LogP contribution is 2.26. The minimum Gasteiger partial charge on any atom is -0.492 e. The number of nitrogens with zero attached hydrogens (tertiary/aromatic N) is 1. The van der Waals surface area contributed by atoms with Crippen molar-refractivity contribution < 1.29 is 22.7 Å². The van der Waals surface area contributed by atoms with Gasteiger partial charge in [-0.15, -0.1) is 0 Å². The van der Waals surface area contributed by atoms with E-state index in [-0.39, 0.29) is 12.0 Å². The molecule has 7 nitrogen and oxygen atoms in total. The van der Waals surface area contributed by atoms with Crippen LogP contribution < -0.4 is 10.1 Å². The Morgan fingerprint density at radius 1 is 1.35 bits per heavy atom. The van der Waals surface area contributed by atoms with Crippen molar-refractivity contribution in [2.45, 2.75) is 38.3 Å². The summed E-state index contributed by atoms with van der Waals surface area (Å²) in [5.74, 6) is 0.715. The lowest BCUT2D eigenvalue weighted by Crippen LogP contribution is -2.31. The first-order chi connectivity index (χ1) is 12.4. The van der Waals surface area contributed by atoms with Crippen molar-refractivity contribution in [3.63, 3.8) is 0 Å². The minimum atomic E-state index is -3.27. The quantitative estimate of drug-likeness (QED) is 0.796. The van der Waals surface area contributed by atoms with Gasteiger partial charge in [-0.3, -0.25) is 4.79 Å². The molecule has 1 aromatic carbocycles. The van der Waals surface area contributed by atoms with E-state index >= 15 is 0 Å². The SMILES string of the molecule is CS(=O)(=O)N1CCOc2ccc(CCC(=O)NCC3CCCO3)cc2C1. The number of aryl methyl sites for hydroxylation is 1. The van der Waals surface area contributed by atoms with Crippen molar-refractivity contribution in [3.8, 4) is 5.75 Å². The summed E-state index contributed by atoms with van der Waals surface area (Å²) in [4.78, 5) is 12.0. The predicted molar refractivity (Wildman–Crippen MR) is 97.5 cm³/mol. The third-order valence-corrected chi connectivity index (χ3v) is 5.98. The first-order valence-electron chi connectivity index (χ1n) is 9.00. The summed E-state index contributed by atoms with van der Waals surface area (Å²) in [5.41, 5.74) is 1.83. The number of amides is 1. The van der Waals surface area contributed by atoms with Crippen LogP contribution >= 0.6 is 0 Å². The maximum atomic E-state index is 12.0. The molecule has 0 spiro atoms. The molecule has 1 aromatic rings. The Balaban J connectivity index is 1.56. The Labute approximate surface area is 154 Å². The molecule has 0 bridgehead atoms. The van der Waals surface area contributed by atoms with Gasteiger partial charge in [0.2, 0.25) is 15.9 Å². The van der Waals surface area contributed by atoms with Crippen LogP contribution in [-0.4, -0.2) is 57.3 Å². The smallest absolute Gasteiger partial charge is 0.220 e. The Morgan fingerprint density at radius 2 is 2.19 bits per heavy atom. The Kier molecular flexibility index (Phi) is 6.16. The van der Waals surface area contributed by atoms with E-state index in [1.165, 1.54) is 10.6 Å². The van der Waals surface area contributed by atoms with Crippen LogP contribution in [0.4, 0.5) is 0 Å². The van der Waals surface area contributed by atoms with Crippen molar-refractivity contribution >= 4 is 15.9 Å². The van der Waals surface area contributed by atoms with Crippen LogP contribution in [0.15, 0.2) is 18.2 Å². The molecular formula is C18H26N2O5S. The number of fused-ring (bicyclic) bond motifs is 1. The fourth-order valence-electron chi connectivity index (χ4n) is 3.24. The minimum absolute atomic E-state index is 0.00413. The lowest BCUT2D eigenvalue weighted by Gasteiger charge is -2.16. The number of ether oxygens (including phenoxy) is 2. The average Bonchev–Trinajstić information content (AvgIpc) is 3.01. The zero-order valence-corrected chi connectivity index (χ0v) is 15.9. The van der Waals surface area contributed by atoms with E-state index in [2.05, 4.69) is 5.32 Å². The van der Waals surface area contributed by atoms with Crippen molar-refractivity contribution in [2.24, 2.45) is 0 Å². The van der Waals surface area contributed by atoms with Gasteiger partial charge in [0, 0.05) is 38.2 Å². The van der Waals surface area contributed by atoms with Crippen LogP contribution in [0.1, 0.15) is 30.4 Å². The molecule has 2 aliphatic heterocycles. The number of carbonyl (C=O) groups is 1. The van der Waals surface area contributed by atoms with Crippen LogP contribution in [0, 0.1) is 0 Å². The molecule has 0 aliphatic carbocycles. The number of carbonyl (C=O) groups excluding carboxylic acids is 1. The summed E-state index contributed by atoms with van der Waals surface area (Å²) in [7, 11) is -3.27. The van der Waals surface area contributed by atoms with Crippen molar-refractivity contribution in [1.29, 1.82) is 0 Å². The molecule has 1 unspecified atom stereocenters. The topological polar surface area (TPSA) is 84.9 Å². The van der Waals surface area contributed by atoms with E-state index in [0.29, 0.717) is 44.8 Å². The molecular weight excluding hydrogens is 356 g/mol. The lowest BCUT2D eigenvalue weighted by molar-refractivity contribution is -0.121. The fourth-order valence-corrected chi connectivity index (χ4v) is 4.02. The Bertz CT molecular complexity index is 744. The molecule has 1 N–H and O–H groups in total. The number of sulfonamides is 1. The Morgan fingerprint density at radius 3 is 2.92 bits per heavy atom. The monoisotopic (exact) mass is 382 g/mol. The zero-order chi connectivity index (χ0) is 18.6. The van der Waals surface area contributed by atoms with Crippen LogP contribution in [-0.2, 0) is 32.5 Å². The van der Waals surface area contributed by atoms with Crippen LogP contribution in [0.5, 0.6) is 5.75 Å². The second-order valence-electron chi connectivity index (χ2n) is 6.83. The van der Waals surface area contributed by atoms with Crippen LogP contribution in [0.2, 0.25) is 0 Å². The van der Waals surface area contributed by atoms with Gasteiger partial charge in [0.05, 0.1) is 12.4 Å².